The molecule has 2 N–H and O–H groups in total. The zero-order valence-electron chi connectivity index (χ0n) is 16.6. The van der Waals surface area contributed by atoms with Gasteiger partial charge in [0, 0.05) is 34.7 Å². The van der Waals surface area contributed by atoms with Crippen LogP contribution in [0.3, 0.4) is 0 Å². The summed E-state index contributed by atoms with van der Waals surface area (Å²) in [5, 5.41) is 6.12. The van der Waals surface area contributed by atoms with Gasteiger partial charge in [-0.2, -0.15) is 0 Å². The Morgan fingerprint density at radius 3 is 2.77 bits per heavy atom. The van der Waals surface area contributed by atoms with Crippen LogP contribution in [0.4, 0.5) is 16.2 Å². The average Bonchev–Trinajstić information content (AvgIpc) is 2.76. The molecule has 31 heavy (non-hydrogen) atoms. The van der Waals surface area contributed by atoms with Crippen LogP contribution in [-0.2, 0) is 6.61 Å². The minimum absolute atomic E-state index is 0.123. The molecule has 156 valence electrons. The number of fused-ring (bicyclic) bond motifs is 1. The van der Waals surface area contributed by atoms with Crippen LogP contribution in [0.25, 0.3) is 5.65 Å². The third-order valence-corrected chi connectivity index (χ3v) is 5.03. The number of carbonyl (C=O) groups excluding carboxylic acids is 1. The molecule has 0 aliphatic rings. The Kier molecular flexibility index (Phi) is 5.86. The van der Waals surface area contributed by atoms with Crippen molar-refractivity contribution < 1.29 is 9.53 Å². The molecule has 0 atom stereocenters. The van der Waals surface area contributed by atoms with E-state index in [4.69, 9.17) is 16.3 Å². The molecule has 0 unspecified atom stereocenters. The van der Waals surface area contributed by atoms with E-state index >= 15 is 0 Å². The van der Waals surface area contributed by atoms with Crippen molar-refractivity contribution in [3.63, 3.8) is 0 Å². The number of rotatable bonds is 5. The maximum absolute atomic E-state index is 12.3. The number of hydrogen-bond acceptors (Lipinski definition) is 4. The van der Waals surface area contributed by atoms with Crippen LogP contribution in [0, 0.1) is 6.92 Å². The molecule has 0 fully saturated rings. The van der Waals surface area contributed by atoms with Gasteiger partial charge in [-0.3, -0.25) is 9.20 Å². The zero-order chi connectivity index (χ0) is 21.8. The quantitative estimate of drug-likeness (QED) is 0.469. The number of nitrogens with one attached hydrogen (secondary N) is 2. The molecule has 0 bridgehead atoms. The van der Waals surface area contributed by atoms with Crippen molar-refractivity contribution in [2.24, 2.45) is 0 Å². The van der Waals surface area contributed by atoms with Crippen molar-refractivity contribution in [1.29, 1.82) is 0 Å². The highest BCUT2D eigenvalue weighted by Gasteiger charge is 2.08. The second-order valence-corrected chi connectivity index (χ2v) is 7.23. The molecule has 0 aliphatic carbocycles. The second kappa shape index (κ2) is 8.89. The summed E-state index contributed by atoms with van der Waals surface area (Å²) in [6.45, 7) is 1.96. The highest BCUT2D eigenvalue weighted by molar-refractivity contribution is 6.31. The van der Waals surface area contributed by atoms with Crippen LogP contribution < -0.4 is 20.9 Å². The average molecular weight is 435 g/mol. The molecule has 2 aromatic carbocycles. The highest BCUT2D eigenvalue weighted by atomic mass is 35.5. The van der Waals surface area contributed by atoms with E-state index in [1.54, 1.807) is 60.8 Å². The number of nitrogens with zero attached hydrogens (tertiary/aromatic N) is 2. The van der Waals surface area contributed by atoms with E-state index in [1.807, 2.05) is 13.0 Å². The number of hydrogen-bond donors (Lipinski definition) is 2. The molecule has 0 saturated carbocycles. The summed E-state index contributed by atoms with van der Waals surface area (Å²) in [4.78, 5) is 29.0. The van der Waals surface area contributed by atoms with Gasteiger partial charge in [0.2, 0.25) is 0 Å². The van der Waals surface area contributed by atoms with Crippen LogP contribution in [0.1, 0.15) is 11.3 Å². The number of halogens is 1. The molecular formula is C23H19ClN4O3. The van der Waals surface area contributed by atoms with Crippen molar-refractivity contribution in [2.75, 3.05) is 10.6 Å². The fourth-order valence-electron chi connectivity index (χ4n) is 3.03. The smallest absolute Gasteiger partial charge is 0.323 e. The van der Waals surface area contributed by atoms with Gasteiger partial charge in [0.1, 0.15) is 18.0 Å². The first-order chi connectivity index (χ1) is 15.0. The zero-order valence-corrected chi connectivity index (χ0v) is 17.4. The summed E-state index contributed by atoms with van der Waals surface area (Å²) in [5.41, 5.74) is 2.87. The first-order valence-corrected chi connectivity index (χ1v) is 9.91. The van der Waals surface area contributed by atoms with E-state index in [-0.39, 0.29) is 12.2 Å². The fourth-order valence-corrected chi connectivity index (χ4v) is 3.20. The predicted molar refractivity (Wildman–Crippen MR) is 121 cm³/mol. The number of urea groups is 1. The summed E-state index contributed by atoms with van der Waals surface area (Å²) < 4.78 is 7.24. The van der Waals surface area contributed by atoms with E-state index in [9.17, 15) is 9.59 Å². The number of amides is 2. The van der Waals surface area contributed by atoms with Crippen molar-refractivity contribution >= 4 is 34.7 Å². The summed E-state index contributed by atoms with van der Waals surface area (Å²) in [5.74, 6) is 0.534. The molecule has 8 heteroatoms. The Hall–Kier alpha value is -3.84. The van der Waals surface area contributed by atoms with Gasteiger partial charge in [0.25, 0.3) is 5.56 Å². The topological polar surface area (TPSA) is 84.7 Å². The summed E-state index contributed by atoms with van der Waals surface area (Å²) >= 11 is 6.09. The van der Waals surface area contributed by atoms with Gasteiger partial charge >= 0.3 is 6.03 Å². The molecule has 7 nitrogen and oxygen atoms in total. The minimum Gasteiger partial charge on any atom is -0.487 e. The molecule has 2 amide bonds. The number of benzene rings is 2. The number of anilines is 2. The van der Waals surface area contributed by atoms with E-state index in [0.29, 0.717) is 33.5 Å². The minimum atomic E-state index is -0.397. The van der Waals surface area contributed by atoms with E-state index < -0.39 is 6.03 Å². The van der Waals surface area contributed by atoms with Gasteiger partial charge in [-0.25, -0.2) is 9.78 Å². The van der Waals surface area contributed by atoms with Crippen LogP contribution in [-0.4, -0.2) is 15.4 Å². The Morgan fingerprint density at radius 1 is 1.06 bits per heavy atom. The molecule has 0 spiro atoms. The third kappa shape index (κ3) is 4.84. The highest BCUT2D eigenvalue weighted by Crippen LogP contribution is 2.23. The number of ether oxygens (including phenoxy) is 1. The lowest BCUT2D eigenvalue weighted by Crippen LogP contribution is -2.20. The summed E-state index contributed by atoms with van der Waals surface area (Å²) in [7, 11) is 0. The monoisotopic (exact) mass is 434 g/mol. The van der Waals surface area contributed by atoms with Crippen LogP contribution >= 0.6 is 11.6 Å². The number of carbonyl (C=O) groups is 1. The fraction of sp³-hybridized carbons (Fsp3) is 0.0870. The van der Waals surface area contributed by atoms with Crippen molar-refractivity contribution in [3.8, 4) is 5.75 Å². The van der Waals surface area contributed by atoms with Crippen molar-refractivity contribution in [2.45, 2.75) is 13.5 Å². The Labute approximate surface area is 183 Å². The number of pyridine rings is 1. The third-order valence-electron chi connectivity index (χ3n) is 4.62. The first-order valence-electron chi connectivity index (χ1n) is 9.53. The standard InChI is InChI=1S/C23H19ClN4O3/c1-15-19(24)8-5-9-20(15)27-23(30)26-16-6-4-7-18(12-16)31-14-17-13-22(29)28-11-3-2-10-21(28)25-17/h2-13H,14H2,1H3,(H2,26,27,30). The maximum atomic E-state index is 12.3. The molecular weight excluding hydrogens is 416 g/mol. The molecule has 0 radical (unpaired) electrons. The van der Waals surface area contributed by atoms with Gasteiger partial charge in [-0.05, 0) is 48.9 Å². The first kappa shape index (κ1) is 20.4. The van der Waals surface area contributed by atoms with Crippen molar-refractivity contribution in [1.82, 2.24) is 9.38 Å². The van der Waals surface area contributed by atoms with E-state index in [2.05, 4.69) is 15.6 Å². The van der Waals surface area contributed by atoms with Gasteiger partial charge in [-0.1, -0.05) is 29.8 Å². The molecule has 0 saturated heterocycles. The Bertz CT molecular complexity index is 1320. The van der Waals surface area contributed by atoms with Gasteiger partial charge < -0.3 is 15.4 Å². The van der Waals surface area contributed by atoms with E-state index in [0.717, 1.165) is 5.56 Å². The van der Waals surface area contributed by atoms with Gasteiger partial charge in [0.15, 0.2) is 0 Å². The van der Waals surface area contributed by atoms with Crippen molar-refractivity contribution in [3.05, 3.63) is 99.6 Å². The second-order valence-electron chi connectivity index (χ2n) is 6.82. The Balaban J connectivity index is 1.42. The lowest BCUT2D eigenvalue weighted by Gasteiger charge is -2.12. The maximum Gasteiger partial charge on any atom is 0.323 e. The van der Waals surface area contributed by atoms with Gasteiger partial charge in [0.05, 0.1) is 5.69 Å². The molecule has 4 aromatic rings. The lowest BCUT2D eigenvalue weighted by atomic mass is 10.2. The predicted octanol–water partition coefficient (Wildman–Crippen LogP) is 4.88. The molecule has 4 rings (SSSR count). The SMILES string of the molecule is Cc1c(Cl)cccc1NC(=O)Nc1cccc(OCc2cc(=O)n3ccccc3n2)c1. The largest absolute Gasteiger partial charge is 0.487 e. The van der Waals surface area contributed by atoms with Crippen LogP contribution in [0.5, 0.6) is 5.75 Å². The van der Waals surface area contributed by atoms with Crippen LogP contribution in [0.15, 0.2) is 77.7 Å². The number of aromatic nitrogens is 2. The summed E-state index contributed by atoms with van der Waals surface area (Å²) in [6, 6.07) is 18.7. The van der Waals surface area contributed by atoms with E-state index in [1.165, 1.54) is 10.5 Å². The van der Waals surface area contributed by atoms with Gasteiger partial charge in [-0.15, -0.1) is 0 Å². The van der Waals surface area contributed by atoms with Crippen LogP contribution in [0.2, 0.25) is 5.02 Å². The lowest BCUT2D eigenvalue weighted by molar-refractivity contribution is 0.262. The summed E-state index contributed by atoms with van der Waals surface area (Å²) in [6.07, 6.45) is 1.67. The molecule has 0 aliphatic heterocycles. The Morgan fingerprint density at radius 2 is 1.90 bits per heavy atom. The normalized spacial score (nSPS) is 10.6. The molecule has 2 aromatic heterocycles. The molecule has 2 heterocycles.